The van der Waals surface area contributed by atoms with Crippen LogP contribution in [0.2, 0.25) is 0 Å². The molecule has 0 bridgehead atoms. The highest BCUT2D eigenvalue weighted by molar-refractivity contribution is 5.73. The summed E-state index contributed by atoms with van der Waals surface area (Å²) in [6, 6.07) is 5.66. The van der Waals surface area contributed by atoms with Gasteiger partial charge in [0.25, 0.3) is 0 Å². The average Bonchev–Trinajstić information content (AvgIpc) is 2.80. The predicted octanol–water partition coefficient (Wildman–Crippen LogP) is 1.20. The number of piperidine rings is 1. The van der Waals surface area contributed by atoms with Crippen molar-refractivity contribution in [2.75, 3.05) is 19.7 Å². The van der Waals surface area contributed by atoms with Crippen LogP contribution >= 0.6 is 0 Å². The molecule has 0 spiro atoms. The second-order valence-corrected chi connectivity index (χ2v) is 5.15. The molecule has 1 unspecified atom stereocenters. The Morgan fingerprint density at radius 1 is 1.37 bits per heavy atom. The first-order chi connectivity index (χ1) is 9.28. The van der Waals surface area contributed by atoms with Gasteiger partial charge in [-0.25, -0.2) is 4.79 Å². The molecule has 5 heteroatoms. The van der Waals surface area contributed by atoms with Crippen molar-refractivity contribution in [2.45, 2.75) is 18.8 Å². The molecular formula is C14H18N2O3. The van der Waals surface area contributed by atoms with Gasteiger partial charge < -0.3 is 14.8 Å². The van der Waals surface area contributed by atoms with Crippen molar-refractivity contribution in [2.24, 2.45) is 5.92 Å². The first-order valence-corrected chi connectivity index (χ1v) is 6.72. The van der Waals surface area contributed by atoms with Gasteiger partial charge in [0.15, 0.2) is 5.58 Å². The number of aliphatic hydroxyl groups is 1. The van der Waals surface area contributed by atoms with Crippen LogP contribution in [0.5, 0.6) is 0 Å². The number of aliphatic hydroxyl groups excluding tert-OH is 1. The monoisotopic (exact) mass is 262 g/mol. The van der Waals surface area contributed by atoms with Crippen molar-refractivity contribution >= 4 is 11.1 Å². The van der Waals surface area contributed by atoms with Gasteiger partial charge in [-0.1, -0.05) is 6.07 Å². The number of hydrogen-bond donors (Lipinski definition) is 3. The van der Waals surface area contributed by atoms with E-state index in [0.717, 1.165) is 31.5 Å². The zero-order valence-corrected chi connectivity index (χ0v) is 10.7. The minimum atomic E-state index is -0.436. The van der Waals surface area contributed by atoms with Crippen LogP contribution in [-0.2, 0) is 0 Å². The van der Waals surface area contributed by atoms with Crippen LogP contribution in [0.3, 0.4) is 0 Å². The maximum atomic E-state index is 11.2. The number of oxazole rings is 1. The maximum Gasteiger partial charge on any atom is 0.417 e. The van der Waals surface area contributed by atoms with E-state index in [4.69, 9.17) is 4.42 Å². The van der Waals surface area contributed by atoms with Gasteiger partial charge in [-0.2, -0.15) is 0 Å². The summed E-state index contributed by atoms with van der Waals surface area (Å²) in [7, 11) is 0. The fourth-order valence-electron chi connectivity index (χ4n) is 2.97. The number of aromatic amines is 1. The Balaban J connectivity index is 1.93. The number of hydrogen-bond acceptors (Lipinski definition) is 4. The Kier molecular flexibility index (Phi) is 3.40. The normalized spacial score (nSPS) is 18.8. The standard InChI is InChI=1S/C14H18N2O3/c17-8-11(9-3-5-15-6-4-9)10-1-2-13-12(7-10)16-14(18)19-13/h1-2,7,9,11,15,17H,3-6,8H2,(H,16,18). The largest absolute Gasteiger partial charge is 0.417 e. The lowest BCUT2D eigenvalue weighted by molar-refractivity contribution is 0.201. The summed E-state index contributed by atoms with van der Waals surface area (Å²) in [6.45, 7) is 2.15. The predicted molar refractivity (Wildman–Crippen MR) is 72.3 cm³/mol. The van der Waals surface area contributed by atoms with E-state index in [1.54, 1.807) is 6.07 Å². The van der Waals surface area contributed by atoms with E-state index in [-0.39, 0.29) is 12.5 Å². The molecule has 0 radical (unpaired) electrons. The number of benzene rings is 1. The van der Waals surface area contributed by atoms with Crippen molar-refractivity contribution in [1.82, 2.24) is 10.3 Å². The summed E-state index contributed by atoms with van der Waals surface area (Å²) < 4.78 is 5.00. The van der Waals surface area contributed by atoms with Crippen LogP contribution in [0.4, 0.5) is 0 Å². The van der Waals surface area contributed by atoms with Gasteiger partial charge in [-0.15, -0.1) is 0 Å². The van der Waals surface area contributed by atoms with E-state index in [0.29, 0.717) is 17.0 Å². The quantitative estimate of drug-likeness (QED) is 0.776. The van der Waals surface area contributed by atoms with E-state index >= 15 is 0 Å². The molecule has 3 rings (SSSR count). The first kappa shape index (κ1) is 12.4. The Morgan fingerprint density at radius 2 is 2.16 bits per heavy atom. The van der Waals surface area contributed by atoms with E-state index < -0.39 is 5.76 Å². The van der Waals surface area contributed by atoms with Crippen LogP contribution in [0, 0.1) is 5.92 Å². The number of fused-ring (bicyclic) bond motifs is 1. The molecule has 102 valence electrons. The van der Waals surface area contributed by atoms with Gasteiger partial charge in [0.1, 0.15) is 0 Å². The SMILES string of the molecule is O=c1[nH]c2cc(C(CO)C3CCNCC3)ccc2o1. The van der Waals surface area contributed by atoms with Crippen LogP contribution in [-0.4, -0.2) is 29.8 Å². The molecule has 1 aromatic heterocycles. The molecule has 1 atom stereocenters. The molecule has 1 aliphatic heterocycles. The van der Waals surface area contributed by atoms with Gasteiger partial charge in [-0.3, -0.25) is 4.98 Å². The molecule has 0 amide bonds. The molecule has 2 heterocycles. The average molecular weight is 262 g/mol. The van der Waals surface area contributed by atoms with Crippen LogP contribution in [0.1, 0.15) is 24.3 Å². The number of H-pyrrole nitrogens is 1. The Hall–Kier alpha value is -1.59. The Bertz CT molecular complexity index is 610. The second kappa shape index (κ2) is 5.19. The molecule has 1 saturated heterocycles. The molecule has 3 N–H and O–H groups in total. The van der Waals surface area contributed by atoms with E-state index in [1.807, 2.05) is 12.1 Å². The molecule has 0 saturated carbocycles. The molecule has 19 heavy (non-hydrogen) atoms. The smallest absolute Gasteiger partial charge is 0.408 e. The Labute approximate surface area is 110 Å². The fraction of sp³-hybridized carbons (Fsp3) is 0.500. The minimum Gasteiger partial charge on any atom is -0.408 e. The van der Waals surface area contributed by atoms with E-state index in [2.05, 4.69) is 10.3 Å². The van der Waals surface area contributed by atoms with Gasteiger partial charge in [-0.05, 0) is 49.5 Å². The summed E-state index contributed by atoms with van der Waals surface area (Å²) in [5.74, 6) is 0.182. The van der Waals surface area contributed by atoms with E-state index in [9.17, 15) is 9.90 Å². The molecule has 2 aromatic rings. The molecule has 1 aromatic carbocycles. The molecule has 0 aliphatic carbocycles. The lowest BCUT2D eigenvalue weighted by atomic mass is 9.81. The summed E-state index contributed by atoms with van der Waals surface area (Å²) >= 11 is 0. The fourth-order valence-corrected chi connectivity index (χ4v) is 2.97. The lowest BCUT2D eigenvalue weighted by Gasteiger charge is -2.29. The van der Waals surface area contributed by atoms with Crippen molar-refractivity contribution in [3.8, 4) is 0 Å². The van der Waals surface area contributed by atoms with Gasteiger partial charge in [0.2, 0.25) is 0 Å². The number of rotatable bonds is 3. The van der Waals surface area contributed by atoms with Crippen molar-refractivity contribution in [3.05, 3.63) is 34.3 Å². The third-order valence-corrected chi connectivity index (χ3v) is 4.02. The van der Waals surface area contributed by atoms with Crippen LogP contribution in [0.15, 0.2) is 27.4 Å². The summed E-state index contributed by atoms with van der Waals surface area (Å²) in [5.41, 5.74) is 2.34. The van der Waals surface area contributed by atoms with Gasteiger partial charge >= 0.3 is 5.76 Å². The molecule has 1 aliphatic rings. The first-order valence-electron chi connectivity index (χ1n) is 6.72. The molecular weight excluding hydrogens is 244 g/mol. The highest BCUT2D eigenvalue weighted by Crippen LogP contribution is 2.31. The maximum absolute atomic E-state index is 11.2. The summed E-state index contributed by atoms with van der Waals surface area (Å²) in [4.78, 5) is 13.8. The third kappa shape index (κ3) is 2.43. The Morgan fingerprint density at radius 3 is 2.89 bits per heavy atom. The topological polar surface area (TPSA) is 78.3 Å². The summed E-state index contributed by atoms with van der Waals surface area (Å²) in [6.07, 6.45) is 2.15. The van der Waals surface area contributed by atoms with Crippen LogP contribution in [0.25, 0.3) is 11.1 Å². The number of nitrogens with one attached hydrogen (secondary N) is 2. The highest BCUT2D eigenvalue weighted by Gasteiger charge is 2.24. The van der Waals surface area contributed by atoms with Gasteiger partial charge in [0, 0.05) is 5.92 Å². The zero-order valence-electron chi connectivity index (χ0n) is 10.7. The van der Waals surface area contributed by atoms with Crippen molar-refractivity contribution < 1.29 is 9.52 Å². The van der Waals surface area contributed by atoms with E-state index in [1.165, 1.54) is 0 Å². The highest BCUT2D eigenvalue weighted by atomic mass is 16.4. The second-order valence-electron chi connectivity index (χ2n) is 5.15. The zero-order chi connectivity index (χ0) is 13.2. The van der Waals surface area contributed by atoms with Crippen molar-refractivity contribution in [3.63, 3.8) is 0 Å². The van der Waals surface area contributed by atoms with Crippen molar-refractivity contribution in [1.29, 1.82) is 0 Å². The lowest BCUT2D eigenvalue weighted by Crippen LogP contribution is -2.32. The van der Waals surface area contributed by atoms with Crippen LogP contribution < -0.4 is 11.1 Å². The summed E-state index contributed by atoms with van der Waals surface area (Å²) in [5, 5.41) is 13.0. The molecule has 5 nitrogen and oxygen atoms in total. The number of aromatic nitrogens is 1. The molecule has 1 fully saturated rings. The minimum absolute atomic E-state index is 0.130. The van der Waals surface area contributed by atoms with Gasteiger partial charge in [0.05, 0.1) is 12.1 Å². The third-order valence-electron chi connectivity index (χ3n) is 4.02.